The first-order chi connectivity index (χ1) is 15.4. The summed E-state index contributed by atoms with van der Waals surface area (Å²) in [7, 11) is -3.02. The minimum Gasteiger partial charge on any atom is -0.716 e. The molecule has 3 aromatic rings. The molecular formula is C24H24N3NaO4S. The zero-order valence-electron chi connectivity index (χ0n) is 18.9. The average Bonchev–Trinajstić information content (AvgIpc) is 2.78. The zero-order valence-corrected chi connectivity index (χ0v) is 21.7. The van der Waals surface area contributed by atoms with Crippen LogP contribution in [0.25, 0.3) is 11.1 Å². The number of rotatable bonds is 9. The van der Waals surface area contributed by atoms with Gasteiger partial charge in [0, 0.05) is 0 Å². The van der Waals surface area contributed by atoms with E-state index < -0.39 is 10.4 Å². The fourth-order valence-electron chi connectivity index (χ4n) is 3.36. The van der Waals surface area contributed by atoms with Crippen LogP contribution in [0.5, 0.6) is 5.75 Å². The van der Waals surface area contributed by atoms with Crippen LogP contribution >= 0.6 is 0 Å². The van der Waals surface area contributed by atoms with Gasteiger partial charge in [0.1, 0.15) is 12.4 Å². The van der Waals surface area contributed by atoms with Crippen molar-refractivity contribution < 1.29 is 46.7 Å². The quantitative estimate of drug-likeness (QED) is 0.169. The Morgan fingerprint density at radius 3 is 2.00 bits per heavy atom. The third-order valence-corrected chi connectivity index (χ3v) is 5.09. The van der Waals surface area contributed by atoms with Crippen molar-refractivity contribution in [2.75, 3.05) is 13.7 Å². The summed E-state index contributed by atoms with van der Waals surface area (Å²) in [6.07, 6.45) is 0.774. The maximum Gasteiger partial charge on any atom is 1.00 e. The van der Waals surface area contributed by atoms with Crippen molar-refractivity contribution in [2.45, 2.75) is 13.3 Å². The number of benzene rings is 3. The van der Waals surface area contributed by atoms with Crippen molar-refractivity contribution in [2.24, 2.45) is 10.2 Å². The van der Waals surface area contributed by atoms with Crippen molar-refractivity contribution in [3.05, 3.63) is 95.6 Å². The predicted octanol–water partition coefficient (Wildman–Crippen LogP) is 2.16. The molecule has 7 nitrogen and oxygen atoms in total. The molecule has 3 aromatic carbocycles. The molecule has 0 radical (unpaired) electrons. The fraction of sp³-hybridized carbons (Fsp3) is 0.167. The molecule has 3 rings (SSSR count). The van der Waals surface area contributed by atoms with Crippen LogP contribution in [0.3, 0.4) is 0 Å². The number of hydrogen-bond donors (Lipinski definition) is 1. The SMILES string of the molecule is CC/C(=C(\c1ccc(N=NCNC)cc1)c1ccc(OS(=O)(=O)[O-])cc1)c1ccccc1.[Na+]. The molecule has 0 amide bonds. The zero-order chi connectivity index (χ0) is 23.0. The molecule has 0 atom stereocenters. The predicted molar refractivity (Wildman–Crippen MR) is 124 cm³/mol. The molecule has 9 heteroatoms. The minimum absolute atomic E-state index is 0. The molecule has 166 valence electrons. The van der Waals surface area contributed by atoms with E-state index in [4.69, 9.17) is 0 Å². The normalized spacial score (nSPS) is 12.2. The van der Waals surface area contributed by atoms with Crippen LogP contribution in [0.4, 0.5) is 5.69 Å². The third kappa shape index (κ3) is 7.89. The van der Waals surface area contributed by atoms with Crippen LogP contribution in [-0.2, 0) is 10.4 Å². The minimum atomic E-state index is -4.83. The van der Waals surface area contributed by atoms with E-state index in [0.717, 1.165) is 39.9 Å². The Morgan fingerprint density at radius 1 is 0.909 bits per heavy atom. The molecule has 0 spiro atoms. The van der Waals surface area contributed by atoms with Gasteiger partial charge in [0.25, 0.3) is 10.4 Å². The molecule has 0 aliphatic rings. The molecule has 0 saturated carbocycles. The van der Waals surface area contributed by atoms with Gasteiger partial charge in [0.05, 0.1) is 5.69 Å². The number of allylic oxidation sites excluding steroid dienone is 1. The Labute approximate surface area is 216 Å². The second-order valence-corrected chi connectivity index (χ2v) is 7.87. The van der Waals surface area contributed by atoms with E-state index in [9.17, 15) is 13.0 Å². The van der Waals surface area contributed by atoms with Crippen molar-refractivity contribution in [3.63, 3.8) is 0 Å². The Kier molecular flexibility index (Phi) is 10.4. The number of hydrogen-bond acceptors (Lipinski definition) is 7. The monoisotopic (exact) mass is 473 g/mol. The molecule has 0 aliphatic heterocycles. The molecule has 0 aliphatic carbocycles. The molecule has 0 bridgehead atoms. The van der Waals surface area contributed by atoms with E-state index in [0.29, 0.717) is 6.67 Å². The topological polar surface area (TPSA) is 103 Å². The largest absolute Gasteiger partial charge is 1.00 e. The van der Waals surface area contributed by atoms with Crippen molar-refractivity contribution >= 4 is 27.2 Å². The van der Waals surface area contributed by atoms with E-state index >= 15 is 0 Å². The van der Waals surface area contributed by atoms with Crippen LogP contribution < -0.4 is 39.1 Å². The molecule has 1 N–H and O–H groups in total. The summed E-state index contributed by atoms with van der Waals surface area (Å²) in [5, 5.41) is 11.1. The number of azo groups is 1. The maximum absolute atomic E-state index is 10.9. The molecule has 0 unspecified atom stereocenters. The summed E-state index contributed by atoms with van der Waals surface area (Å²) in [5.74, 6) is -0.0267. The molecule has 0 heterocycles. The van der Waals surface area contributed by atoms with E-state index in [1.807, 2.05) is 42.5 Å². The molecular weight excluding hydrogens is 449 g/mol. The van der Waals surface area contributed by atoms with Crippen LogP contribution in [0.15, 0.2) is 89.1 Å². The second kappa shape index (κ2) is 12.8. The van der Waals surface area contributed by atoms with Gasteiger partial charge in [-0.15, -0.1) is 0 Å². The Morgan fingerprint density at radius 2 is 1.48 bits per heavy atom. The van der Waals surface area contributed by atoms with Crippen molar-refractivity contribution in [3.8, 4) is 5.75 Å². The third-order valence-electron chi connectivity index (χ3n) is 4.69. The number of nitrogens with one attached hydrogen (secondary N) is 1. The standard InChI is InChI=1S/C24H25N3O4S.Na/c1-3-23(18-7-5-4-6-8-18)24(19-9-13-21(14-10-19)27-26-17-25-2)20-11-15-22(16-12-20)31-32(28,29)30;/h4-16,25H,3,17H2,1-2H3,(H,28,29,30);/q;+1/p-1/b24-23-,27-26?;. The number of nitrogens with zero attached hydrogens (tertiary/aromatic N) is 2. The van der Waals surface area contributed by atoms with Gasteiger partial charge in [0.2, 0.25) is 0 Å². The van der Waals surface area contributed by atoms with Crippen LogP contribution in [0, 0.1) is 0 Å². The van der Waals surface area contributed by atoms with Gasteiger partial charge >= 0.3 is 29.6 Å². The molecule has 0 aromatic heterocycles. The smallest absolute Gasteiger partial charge is 0.716 e. The first-order valence-electron chi connectivity index (χ1n) is 10.1. The van der Waals surface area contributed by atoms with Gasteiger partial charge in [0.15, 0.2) is 0 Å². The van der Waals surface area contributed by atoms with E-state index in [1.54, 1.807) is 19.2 Å². The van der Waals surface area contributed by atoms with Gasteiger partial charge < -0.3 is 8.74 Å². The summed E-state index contributed by atoms with van der Waals surface area (Å²) in [4.78, 5) is 0. The summed E-state index contributed by atoms with van der Waals surface area (Å²) in [5.41, 5.74) is 5.79. The second-order valence-electron chi connectivity index (χ2n) is 6.89. The van der Waals surface area contributed by atoms with Crippen LogP contribution in [0.2, 0.25) is 0 Å². The average molecular weight is 474 g/mol. The Hall–Kier alpha value is -2.33. The molecule has 0 saturated heterocycles. The van der Waals surface area contributed by atoms with Gasteiger partial charge in [-0.3, -0.25) is 5.32 Å². The van der Waals surface area contributed by atoms with Crippen molar-refractivity contribution in [1.29, 1.82) is 0 Å². The van der Waals surface area contributed by atoms with Gasteiger partial charge in [-0.05, 0) is 65.6 Å². The molecule has 0 fully saturated rings. The van der Waals surface area contributed by atoms with E-state index in [-0.39, 0.29) is 35.3 Å². The fourth-order valence-corrected chi connectivity index (χ4v) is 3.70. The first kappa shape index (κ1) is 26.9. The van der Waals surface area contributed by atoms with E-state index in [2.05, 4.69) is 38.8 Å². The summed E-state index contributed by atoms with van der Waals surface area (Å²) in [6, 6.07) is 24.3. The maximum atomic E-state index is 10.9. The van der Waals surface area contributed by atoms with Gasteiger partial charge in [-0.1, -0.05) is 61.5 Å². The van der Waals surface area contributed by atoms with Gasteiger partial charge in [-0.2, -0.15) is 10.2 Å². The summed E-state index contributed by atoms with van der Waals surface area (Å²) >= 11 is 0. The van der Waals surface area contributed by atoms with Crippen LogP contribution in [0.1, 0.15) is 30.0 Å². The summed E-state index contributed by atoms with van der Waals surface area (Å²) in [6.45, 7) is 2.53. The Bertz CT molecular complexity index is 1190. The van der Waals surface area contributed by atoms with Crippen LogP contribution in [-0.4, -0.2) is 26.7 Å². The van der Waals surface area contributed by atoms with E-state index in [1.165, 1.54) is 12.1 Å². The first-order valence-corrected chi connectivity index (χ1v) is 11.4. The van der Waals surface area contributed by atoms with Crippen molar-refractivity contribution in [1.82, 2.24) is 5.32 Å². The van der Waals surface area contributed by atoms with Gasteiger partial charge in [-0.25, -0.2) is 8.42 Å². The summed E-state index contributed by atoms with van der Waals surface area (Å²) < 4.78 is 37.1. The Balaban J connectivity index is 0.00000385. The molecule has 33 heavy (non-hydrogen) atoms.